The molecule has 1 aliphatic rings. The van der Waals surface area contributed by atoms with Crippen LogP contribution < -0.4 is 14.5 Å². The Labute approximate surface area is 192 Å². The van der Waals surface area contributed by atoms with Gasteiger partial charge in [-0.1, -0.05) is 18.2 Å². The Hall–Kier alpha value is -3.04. The van der Waals surface area contributed by atoms with Crippen LogP contribution in [0.5, 0.6) is 0 Å². The third-order valence-corrected chi connectivity index (χ3v) is 8.34. The summed E-state index contributed by atoms with van der Waals surface area (Å²) in [5.41, 5.74) is 4.54. The number of piperazine rings is 1. The summed E-state index contributed by atoms with van der Waals surface area (Å²) >= 11 is 1.11. The molecule has 4 rings (SSSR count). The Kier molecular flexibility index (Phi) is 6.12. The van der Waals surface area contributed by atoms with Crippen LogP contribution in [-0.2, 0) is 10.0 Å². The van der Waals surface area contributed by atoms with Crippen molar-refractivity contribution in [1.29, 1.82) is 0 Å². The van der Waals surface area contributed by atoms with Crippen LogP contribution in [0.1, 0.15) is 21.5 Å². The molecule has 2 aromatic carbocycles. The van der Waals surface area contributed by atoms with Gasteiger partial charge in [0, 0.05) is 37.6 Å². The molecule has 2 heterocycles. The number of nitrogens with one attached hydrogen (secondary N) is 1. The maximum atomic E-state index is 12.5. The highest BCUT2D eigenvalue weighted by atomic mass is 32.2. The number of carboxylic acid groups (broad SMARTS) is 1. The Morgan fingerprint density at radius 1 is 0.969 bits per heavy atom. The van der Waals surface area contributed by atoms with Crippen molar-refractivity contribution in [2.45, 2.75) is 18.1 Å². The summed E-state index contributed by atoms with van der Waals surface area (Å²) in [5.74, 6) is -1.09. The highest BCUT2D eigenvalue weighted by Gasteiger charge is 2.24. The summed E-state index contributed by atoms with van der Waals surface area (Å²) in [5, 5.41) is 11.5. The molecule has 1 aromatic heterocycles. The first-order valence-corrected chi connectivity index (χ1v) is 12.6. The van der Waals surface area contributed by atoms with E-state index in [0.29, 0.717) is 18.8 Å². The SMILES string of the molecule is Cc1ccc(C)c(N2CCN(c3ccc(NS(=O)(=O)c4cccs4)cc3C(=O)O)CC2)c1. The fourth-order valence-corrected chi connectivity index (χ4v) is 5.96. The molecule has 168 valence electrons. The van der Waals surface area contributed by atoms with E-state index in [1.165, 1.54) is 28.9 Å². The lowest BCUT2D eigenvalue weighted by Crippen LogP contribution is -2.47. The first kappa shape index (κ1) is 22.2. The van der Waals surface area contributed by atoms with Crippen molar-refractivity contribution in [2.24, 2.45) is 0 Å². The first-order chi connectivity index (χ1) is 15.2. The lowest BCUT2D eigenvalue weighted by Gasteiger charge is -2.38. The molecule has 0 spiro atoms. The van der Waals surface area contributed by atoms with Crippen molar-refractivity contribution < 1.29 is 18.3 Å². The molecule has 1 saturated heterocycles. The van der Waals surface area contributed by atoms with Crippen molar-refractivity contribution >= 4 is 44.4 Å². The van der Waals surface area contributed by atoms with Crippen LogP contribution in [-0.4, -0.2) is 45.7 Å². The predicted molar refractivity (Wildman–Crippen MR) is 129 cm³/mol. The van der Waals surface area contributed by atoms with E-state index in [1.807, 2.05) is 4.90 Å². The molecule has 9 heteroatoms. The smallest absolute Gasteiger partial charge is 0.337 e. The van der Waals surface area contributed by atoms with Gasteiger partial charge in [0.15, 0.2) is 0 Å². The highest BCUT2D eigenvalue weighted by Crippen LogP contribution is 2.29. The largest absolute Gasteiger partial charge is 0.478 e. The van der Waals surface area contributed by atoms with E-state index in [1.54, 1.807) is 23.6 Å². The number of hydrogen-bond donors (Lipinski definition) is 2. The monoisotopic (exact) mass is 471 g/mol. The maximum Gasteiger partial charge on any atom is 0.337 e. The van der Waals surface area contributed by atoms with E-state index in [4.69, 9.17) is 0 Å². The zero-order valence-corrected chi connectivity index (χ0v) is 19.5. The molecule has 0 aliphatic carbocycles. The number of carbonyl (C=O) groups is 1. The number of sulfonamides is 1. The Morgan fingerprint density at radius 3 is 2.28 bits per heavy atom. The zero-order chi connectivity index (χ0) is 22.9. The Bertz CT molecular complexity index is 1230. The van der Waals surface area contributed by atoms with Gasteiger partial charge in [-0.25, -0.2) is 13.2 Å². The number of nitrogens with zero attached hydrogens (tertiary/aromatic N) is 2. The zero-order valence-electron chi connectivity index (χ0n) is 17.9. The summed E-state index contributed by atoms with van der Waals surface area (Å²) in [4.78, 5) is 16.3. The second kappa shape index (κ2) is 8.84. The van der Waals surface area contributed by atoms with Gasteiger partial charge in [-0.3, -0.25) is 4.72 Å². The van der Waals surface area contributed by atoms with Crippen LogP contribution in [0.2, 0.25) is 0 Å². The van der Waals surface area contributed by atoms with E-state index in [2.05, 4.69) is 41.7 Å². The summed E-state index contributed by atoms with van der Waals surface area (Å²) < 4.78 is 27.6. The average molecular weight is 472 g/mol. The summed E-state index contributed by atoms with van der Waals surface area (Å²) in [6.45, 7) is 7.07. The number of rotatable bonds is 6. The molecule has 32 heavy (non-hydrogen) atoms. The second-order valence-electron chi connectivity index (χ2n) is 7.84. The number of thiophene rings is 1. The number of benzene rings is 2. The van der Waals surface area contributed by atoms with Gasteiger partial charge in [0.05, 0.1) is 11.3 Å². The number of hydrogen-bond acceptors (Lipinski definition) is 6. The molecule has 7 nitrogen and oxygen atoms in total. The van der Waals surface area contributed by atoms with Crippen LogP contribution in [0.3, 0.4) is 0 Å². The van der Waals surface area contributed by atoms with E-state index >= 15 is 0 Å². The quantitative estimate of drug-likeness (QED) is 0.560. The van der Waals surface area contributed by atoms with Gasteiger partial charge in [-0.05, 0) is 60.7 Å². The van der Waals surface area contributed by atoms with Crippen molar-refractivity contribution in [3.05, 3.63) is 70.6 Å². The van der Waals surface area contributed by atoms with Crippen molar-refractivity contribution in [3.8, 4) is 0 Å². The van der Waals surface area contributed by atoms with E-state index < -0.39 is 16.0 Å². The van der Waals surface area contributed by atoms with Gasteiger partial charge in [0.25, 0.3) is 10.0 Å². The molecule has 0 bridgehead atoms. The summed E-state index contributed by atoms with van der Waals surface area (Å²) in [7, 11) is -3.74. The molecule has 1 aliphatic heterocycles. The molecule has 3 aromatic rings. The van der Waals surface area contributed by atoms with Crippen molar-refractivity contribution in [3.63, 3.8) is 0 Å². The molecule has 2 N–H and O–H groups in total. The summed E-state index contributed by atoms with van der Waals surface area (Å²) in [6.07, 6.45) is 0. The fourth-order valence-electron chi connectivity index (χ4n) is 3.92. The maximum absolute atomic E-state index is 12.5. The van der Waals surface area contributed by atoms with Crippen LogP contribution in [0.25, 0.3) is 0 Å². The molecule has 0 atom stereocenters. The molecule has 0 saturated carbocycles. The fraction of sp³-hybridized carbons (Fsp3) is 0.261. The minimum atomic E-state index is -3.74. The summed E-state index contributed by atoms with van der Waals surface area (Å²) in [6, 6.07) is 14.3. The Balaban J connectivity index is 1.53. The van der Waals surface area contributed by atoms with Gasteiger partial charge in [-0.2, -0.15) is 0 Å². The number of anilines is 3. The number of aromatic carboxylic acids is 1. The van der Waals surface area contributed by atoms with E-state index in [0.717, 1.165) is 24.4 Å². The number of aryl methyl sites for hydroxylation is 2. The van der Waals surface area contributed by atoms with Crippen LogP contribution in [0.4, 0.5) is 17.1 Å². The van der Waals surface area contributed by atoms with E-state index in [-0.39, 0.29) is 15.5 Å². The van der Waals surface area contributed by atoms with Crippen molar-refractivity contribution in [1.82, 2.24) is 0 Å². The van der Waals surface area contributed by atoms with E-state index in [9.17, 15) is 18.3 Å². The van der Waals surface area contributed by atoms with Gasteiger partial charge in [-0.15, -0.1) is 11.3 Å². The topological polar surface area (TPSA) is 90.0 Å². The molecular weight excluding hydrogens is 446 g/mol. The molecular formula is C23H25N3O4S2. The van der Waals surface area contributed by atoms with Crippen LogP contribution >= 0.6 is 11.3 Å². The third kappa shape index (κ3) is 4.58. The van der Waals surface area contributed by atoms with Crippen LogP contribution in [0.15, 0.2) is 58.1 Å². The molecule has 0 amide bonds. The van der Waals surface area contributed by atoms with Gasteiger partial charge < -0.3 is 14.9 Å². The van der Waals surface area contributed by atoms with Crippen molar-refractivity contribution in [2.75, 3.05) is 40.7 Å². The highest BCUT2D eigenvalue weighted by molar-refractivity contribution is 7.94. The second-order valence-corrected chi connectivity index (χ2v) is 10.7. The number of carboxylic acids is 1. The van der Waals surface area contributed by atoms with Crippen LogP contribution in [0, 0.1) is 13.8 Å². The lowest BCUT2D eigenvalue weighted by atomic mass is 10.1. The minimum absolute atomic E-state index is 0.0802. The molecule has 0 radical (unpaired) electrons. The normalized spacial score (nSPS) is 14.4. The first-order valence-electron chi connectivity index (χ1n) is 10.3. The average Bonchev–Trinajstić information content (AvgIpc) is 3.31. The minimum Gasteiger partial charge on any atom is -0.478 e. The predicted octanol–water partition coefficient (Wildman–Crippen LogP) is 4.19. The third-order valence-electron chi connectivity index (χ3n) is 5.56. The van der Waals surface area contributed by atoms with Gasteiger partial charge in [0.1, 0.15) is 4.21 Å². The Morgan fingerprint density at radius 2 is 1.66 bits per heavy atom. The van der Waals surface area contributed by atoms with Gasteiger partial charge >= 0.3 is 5.97 Å². The molecule has 1 fully saturated rings. The van der Waals surface area contributed by atoms with Gasteiger partial charge in [0.2, 0.25) is 0 Å². The molecule has 0 unspecified atom stereocenters. The lowest BCUT2D eigenvalue weighted by molar-refractivity contribution is 0.0697. The standard InChI is InChI=1S/C23H25N3O4S2/c1-16-5-6-17(2)21(14-16)26-11-9-25(10-12-26)20-8-7-18(15-19(20)23(27)28)24-32(29,30)22-4-3-13-31-22/h3-8,13-15,24H,9-12H2,1-2H3,(H,27,28).